The molecule has 3 aromatic rings. The molecule has 0 N–H and O–H groups in total. The molecule has 1 amide bonds. The summed E-state index contributed by atoms with van der Waals surface area (Å²) >= 11 is 1.65. The summed E-state index contributed by atoms with van der Waals surface area (Å²) in [5.74, 6) is 0.761. The molecule has 0 aliphatic carbocycles. The normalized spacial score (nSPS) is 14.6. The Morgan fingerprint density at radius 3 is 2.42 bits per heavy atom. The van der Waals surface area contributed by atoms with Gasteiger partial charge in [0.05, 0.1) is 22.5 Å². The van der Waals surface area contributed by atoms with Crippen LogP contribution in [-0.4, -0.2) is 63.3 Å². The molecule has 2 aromatic carbocycles. The lowest BCUT2D eigenvalue weighted by molar-refractivity contribution is -0.131. The Hall–Kier alpha value is -2.65. The third-order valence-electron chi connectivity index (χ3n) is 6.00. The van der Waals surface area contributed by atoms with Gasteiger partial charge in [-0.05, 0) is 44.0 Å². The lowest BCUT2D eigenvalue weighted by atomic mass is 10.2. The molecule has 0 unspecified atom stereocenters. The number of nitrogens with zero attached hydrogens (tertiary/aromatic N) is 3. The van der Waals surface area contributed by atoms with Gasteiger partial charge >= 0.3 is 0 Å². The summed E-state index contributed by atoms with van der Waals surface area (Å²) in [6, 6.07) is 10.8. The molecule has 1 aromatic heterocycles. The van der Waals surface area contributed by atoms with Crippen LogP contribution in [0.5, 0.6) is 5.75 Å². The number of hydrogen-bond acceptors (Lipinski definition) is 7. The Morgan fingerprint density at radius 2 is 1.76 bits per heavy atom. The maximum atomic E-state index is 12.7. The second kappa shape index (κ2) is 9.69. The van der Waals surface area contributed by atoms with Gasteiger partial charge in [0.25, 0.3) is 0 Å². The van der Waals surface area contributed by atoms with Crippen molar-refractivity contribution in [1.82, 2.24) is 9.88 Å². The number of benzene rings is 2. The van der Waals surface area contributed by atoms with Gasteiger partial charge in [0.2, 0.25) is 5.91 Å². The van der Waals surface area contributed by atoms with Gasteiger partial charge in [-0.1, -0.05) is 35.1 Å². The highest BCUT2D eigenvalue weighted by Gasteiger charge is 2.24. The Kier molecular flexibility index (Phi) is 6.90. The minimum atomic E-state index is -3.37. The Labute approximate surface area is 198 Å². The fraction of sp³-hybridized carbons (Fsp3) is 0.417. The predicted octanol–water partition coefficient (Wildman–Crippen LogP) is 3.82. The van der Waals surface area contributed by atoms with Crippen LogP contribution in [0.15, 0.2) is 41.3 Å². The van der Waals surface area contributed by atoms with Crippen LogP contribution in [0.3, 0.4) is 0 Å². The number of sulfone groups is 1. The van der Waals surface area contributed by atoms with Gasteiger partial charge in [0.15, 0.2) is 15.0 Å². The topological polar surface area (TPSA) is 79.8 Å². The van der Waals surface area contributed by atoms with Crippen LogP contribution in [0.25, 0.3) is 10.2 Å². The average Bonchev–Trinajstić information content (AvgIpc) is 3.26. The molecule has 0 saturated carbocycles. The number of aromatic nitrogens is 1. The third kappa shape index (κ3) is 5.14. The van der Waals surface area contributed by atoms with Crippen LogP contribution >= 0.6 is 11.3 Å². The molecule has 0 spiro atoms. The molecule has 1 aliphatic rings. The molecule has 0 atom stereocenters. The number of piperazine rings is 1. The number of rotatable bonds is 7. The van der Waals surface area contributed by atoms with E-state index in [9.17, 15) is 13.2 Å². The van der Waals surface area contributed by atoms with Gasteiger partial charge in [0, 0.05) is 32.6 Å². The third-order valence-corrected chi connectivity index (χ3v) is 9.07. The van der Waals surface area contributed by atoms with Crippen LogP contribution in [0.1, 0.15) is 24.0 Å². The first-order valence-corrected chi connectivity index (χ1v) is 13.5. The van der Waals surface area contributed by atoms with Crippen LogP contribution in [-0.2, 0) is 14.6 Å². The van der Waals surface area contributed by atoms with Crippen molar-refractivity contribution in [3.05, 3.63) is 47.5 Å². The van der Waals surface area contributed by atoms with E-state index in [4.69, 9.17) is 9.72 Å². The molecular weight excluding hydrogens is 458 g/mol. The molecule has 1 aliphatic heterocycles. The summed E-state index contributed by atoms with van der Waals surface area (Å²) in [6.45, 7) is 6.61. The highest BCUT2D eigenvalue weighted by atomic mass is 32.2. The van der Waals surface area contributed by atoms with Crippen molar-refractivity contribution >= 4 is 42.4 Å². The average molecular weight is 488 g/mol. The molecule has 4 rings (SSSR count). The highest BCUT2D eigenvalue weighted by molar-refractivity contribution is 7.91. The first-order chi connectivity index (χ1) is 15.8. The number of hydrogen-bond donors (Lipinski definition) is 0. The van der Waals surface area contributed by atoms with Gasteiger partial charge in [-0.2, -0.15) is 0 Å². The first-order valence-electron chi connectivity index (χ1n) is 11.0. The molecule has 1 fully saturated rings. The molecule has 33 heavy (non-hydrogen) atoms. The summed E-state index contributed by atoms with van der Waals surface area (Å²) in [5, 5.41) is 0.939. The lowest BCUT2D eigenvalue weighted by Gasteiger charge is -2.34. The van der Waals surface area contributed by atoms with Crippen molar-refractivity contribution in [3.63, 3.8) is 0 Å². The van der Waals surface area contributed by atoms with E-state index in [0.29, 0.717) is 37.5 Å². The second-order valence-corrected chi connectivity index (χ2v) is 11.4. The zero-order chi connectivity index (χ0) is 23.6. The number of aryl methyl sites for hydroxylation is 2. The minimum absolute atomic E-state index is 0.00979. The van der Waals surface area contributed by atoms with Crippen molar-refractivity contribution < 1.29 is 17.9 Å². The highest BCUT2D eigenvalue weighted by Crippen LogP contribution is 2.36. The number of fused-ring (bicyclic) bond motifs is 1. The summed E-state index contributed by atoms with van der Waals surface area (Å²) in [5.41, 5.74) is 3.07. The fourth-order valence-electron chi connectivity index (χ4n) is 3.98. The van der Waals surface area contributed by atoms with Gasteiger partial charge < -0.3 is 14.5 Å². The SMILES string of the molecule is COc1ccc(C)c2sc(N3CCN(C(=O)CCCS(=O)(=O)c4ccc(C)cc4)CC3)nc12. The number of amides is 1. The number of ether oxygens (including phenoxy) is 1. The van der Waals surface area contributed by atoms with Crippen molar-refractivity contribution in [2.75, 3.05) is 43.9 Å². The quantitative estimate of drug-likeness (QED) is 0.504. The van der Waals surface area contributed by atoms with Crippen molar-refractivity contribution in [1.29, 1.82) is 0 Å². The first kappa shape index (κ1) is 23.5. The monoisotopic (exact) mass is 487 g/mol. The molecule has 2 heterocycles. The Bertz CT molecular complexity index is 1240. The summed E-state index contributed by atoms with van der Waals surface area (Å²) in [4.78, 5) is 21.8. The molecule has 0 bridgehead atoms. The standard InChI is InChI=1S/C24H29N3O4S2/c1-17-6-9-19(10-7-17)33(29,30)16-4-5-21(28)26-12-14-27(15-13-26)24-25-22-20(31-3)11-8-18(2)23(22)32-24/h6-11H,4-5,12-16H2,1-3H3. The fourth-order valence-corrected chi connectivity index (χ4v) is 6.39. The summed E-state index contributed by atoms with van der Waals surface area (Å²) in [7, 11) is -1.71. The Morgan fingerprint density at radius 1 is 1.06 bits per heavy atom. The predicted molar refractivity (Wildman–Crippen MR) is 132 cm³/mol. The van der Waals surface area contributed by atoms with E-state index in [2.05, 4.69) is 11.8 Å². The van der Waals surface area contributed by atoms with Crippen molar-refractivity contribution in [2.24, 2.45) is 0 Å². The van der Waals surface area contributed by atoms with Gasteiger partial charge in [0.1, 0.15) is 11.3 Å². The van der Waals surface area contributed by atoms with Gasteiger partial charge in [-0.25, -0.2) is 13.4 Å². The lowest BCUT2D eigenvalue weighted by Crippen LogP contribution is -2.48. The molecule has 0 radical (unpaired) electrons. The number of thiazole rings is 1. The van der Waals surface area contributed by atoms with Crippen molar-refractivity contribution in [2.45, 2.75) is 31.6 Å². The number of carbonyl (C=O) groups excluding carboxylic acids is 1. The molecular formula is C24H29N3O4S2. The van der Waals surface area contributed by atoms with E-state index in [-0.39, 0.29) is 18.1 Å². The summed E-state index contributed by atoms with van der Waals surface area (Å²) < 4.78 is 31.6. The zero-order valence-electron chi connectivity index (χ0n) is 19.2. The van der Waals surface area contributed by atoms with Crippen LogP contribution in [0.2, 0.25) is 0 Å². The second-order valence-electron chi connectivity index (χ2n) is 8.36. The Balaban J connectivity index is 1.31. The number of carbonyl (C=O) groups is 1. The van der Waals surface area contributed by atoms with E-state index in [1.54, 1.807) is 42.7 Å². The van der Waals surface area contributed by atoms with Crippen LogP contribution in [0.4, 0.5) is 5.13 Å². The molecule has 176 valence electrons. The van der Waals surface area contributed by atoms with E-state index in [1.165, 1.54) is 5.56 Å². The molecule has 9 heteroatoms. The molecule has 7 nitrogen and oxygen atoms in total. The van der Waals surface area contributed by atoms with E-state index in [0.717, 1.165) is 26.7 Å². The van der Waals surface area contributed by atoms with E-state index < -0.39 is 9.84 Å². The number of methoxy groups -OCH3 is 1. The summed E-state index contributed by atoms with van der Waals surface area (Å²) in [6.07, 6.45) is 0.564. The molecule has 1 saturated heterocycles. The van der Waals surface area contributed by atoms with E-state index in [1.807, 2.05) is 24.0 Å². The van der Waals surface area contributed by atoms with Crippen LogP contribution in [0, 0.1) is 13.8 Å². The maximum absolute atomic E-state index is 12.7. The van der Waals surface area contributed by atoms with Crippen LogP contribution < -0.4 is 9.64 Å². The smallest absolute Gasteiger partial charge is 0.222 e. The zero-order valence-corrected chi connectivity index (χ0v) is 20.8. The van der Waals surface area contributed by atoms with Gasteiger partial charge in [-0.3, -0.25) is 4.79 Å². The van der Waals surface area contributed by atoms with Gasteiger partial charge in [-0.15, -0.1) is 0 Å². The largest absolute Gasteiger partial charge is 0.494 e. The minimum Gasteiger partial charge on any atom is -0.494 e. The maximum Gasteiger partial charge on any atom is 0.222 e. The van der Waals surface area contributed by atoms with E-state index >= 15 is 0 Å². The van der Waals surface area contributed by atoms with Crippen molar-refractivity contribution in [3.8, 4) is 5.75 Å². The number of anilines is 1.